The molecule has 0 fully saturated rings. The number of nitrogens with zero attached hydrogens (tertiary/aromatic N) is 4. The molecule has 0 amide bonds. The molecule has 4 heterocycles. The minimum Gasteiger partial charge on any atom is -0.258 e. The van der Waals surface area contributed by atoms with E-state index in [1.807, 2.05) is 31.2 Å². The molecule has 0 N–H and O–H groups in total. The maximum Gasteiger partial charge on any atom is 0.0889 e. The summed E-state index contributed by atoms with van der Waals surface area (Å²) < 4.78 is 0. The van der Waals surface area contributed by atoms with Crippen LogP contribution < -0.4 is 0 Å². The van der Waals surface area contributed by atoms with Gasteiger partial charge in [0.25, 0.3) is 0 Å². The molecule has 234 valence electrons. The highest BCUT2D eigenvalue weighted by molar-refractivity contribution is 5.81. The van der Waals surface area contributed by atoms with E-state index >= 15 is 0 Å². The third kappa shape index (κ3) is 6.38. The van der Waals surface area contributed by atoms with Crippen molar-refractivity contribution in [3.63, 3.8) is 0 Å². The molecule has 1 aliphatic rings. The molecule has 6 aromatic rings. The van der Waals surface area contributed by atoms with E-state index in [4.69, 9.17) is 9.97 Å². The van der Waals surface area contributed by atoms with Crippen molar-refractivity contribution in [3.8, 4) is 33.6 Å². The molecule has 0 unspecified atom stereocenters. The highest BCUT2D eigenvalue weighted by Crippen LogP contribution is 2.49. The predicted octanol–water partition coefficient (Wildman–Crippen LogP) is 9.71. The molecule has 0 aliphatic heterocycles. The summed E-state index contributed by atoms with van der Waals surface area (Å²) in [7, 11) is 0. The second-order valence-corrected chi connectivity index (χ2v) is 13.7. The van der Waals surface area contributed by atoms with E-state index in [2.05, 4.69) is 117 Å². The predicted molar refractivity (Wildman–Crippen MR) is 193 cm³/mol. The average molecular weight is 615 g/mol. The second-order valence-electron chi connectivity index (χ2n) is 13.7. The summed E-state index contributed by atoms with van der Waals surface area (Å²) in [5, 5.41) is 0. The minimum atomic E-state index is -0.0216. The molecule has 0 bridgehead atoms. The fourth-order valence-electron chi connectivity index (χ4n) is 7.20. The first-order valence-corrected chi connectivity index (χ1v) is 16.7. The van der Waals surface area contributed by atoms with E-state index in [1.165, 1.54) is 44.5 Å². The van der Waals surface area contributed by atoms with E-state index in [9.17, 15) is 0 Å². The number of hydrogen-bond acceptors (Lipinski definition) is 4. The van der Waals surface area contributed by atoms with Gasteiger partial charge in [0.15, 0.2) is 0 Å². The first-order chi connectivity index (χ1) is 22.6. The Morgan fingerprint density at radius 1 is 0.447 bits per heavy atom. The number of rotatable bonds is 8. The van der Waals surface area contributed by atoms with Gasteiger partial charge in [-0.25, -0.2) is 0 Å². The number of aryl methyl sites for hydroxylation is 8. The molecule has 0 saturated carbocycles. The molecule has 0 saturated heterocycles. The van der Waals surface area contributed by atoms with Crippen LogP contribution in [0.1, 0.15) is 70.3 Å². The molecule has 4 heteroatoms. The zero-order valence-corrected chi connectivity index (χ0v) is 28.4. The van der Waals surface area contributed by atoms with Gasteiger partial charge >= 0.3 is 0 Å². The monoisotopic (exact) mass is 614 g/mol. The van der Waals surface area contributed by atoms with Gasteiger partial charge in [-0.05, 0) is 146 Å². The molecule has 4 aromatic heterocycles. The van der Waals surface area contributed by atoms with Crippen molar-refractivity contribution in [2.24, 2.45) is 0 Å². The summed E-state index contributed by atoms with van der Waals surface area (Å²) in [5.74, 6) is 0. The molecule has 0 radical (unpaired) electrons. The van der Waals surface area contributed by atoms with Gasteiger partial charge in [-0.15, -0.1) is 0 Å². The lowest BCUT2D eigenvalue weighted by molar-refractivity contribution is 0.659. The number of pyridine rings is 4. The number of benzene rings is 2. The zero-order chi connectivity index (χ0) is 32.7. The summed E-state index contributed by atoms with van der Waals surface area (Å²) in [6.45, 7) is 12.9. The Labute approximate surface area is 279 Å². The van der Waals surface area contributed by atoms with Crippen LogP contribution in [0.25, 0.3) is 33.6 Å². The molecule has 1 aliphatic carbocycles. The summed E-state index contributed by atoms with van der Waals surface area (Å²) >= 11 is 0. The number of fused-ring (bicyclic) bond motifs is 3. The van der Waals surface area contributed by atoms with Crippen molar-refractivity contribution in [1.29, 1.82) is 0 Å². The molecule has 47 heavy (non-hydrogen) atoms. The maximum absolute atomic E-state index is 4.95. The van der Waals surface area contributed by atoms with Crippen LogP contribution in [-0.2, 0) is 31.1 Å². The van der Waals surface area contributed by atoms with Crippen molar-refractivity contribution < 1.29 is 0 Å². The molecule has 2 aromatic carbocycles. The van der Waals surface area contributed by atoms with Crippen molar-refractivity contribution in [2.75, 3.05) is 0 Å². The SMILES string of the molecule is Cc1cc(-c2cc(C)nc(CCc3ccc4c(c3)-c3cc(CCc5cccc(-c6cccc(C)n6)n5)ccc3C4(C)C)c2)cc(C)n1. The minimum absolute atomic E-state index is 0.0216. The Bertz CT molecular complexity index is 2100. The van der Waals surface area contributed by atoms with Crippen LogP contribution in [-0.4, -0.2) is 19.9 Å². The first kappa shape index (κ1) is 30.7. The van der Waals surface area contributed by atoms with Gasteiger partial charge < -0.3 is 0 Å². The number of hydrogen-bond donors (Lipinski definition) is 0. The van der Waals surface area contributed by atoms with Crippen molar-refractivity contribution in [1.82, 2.24) is 19.9 Å². The highest BCUT2D eigenvalue weighted by Gasteiger charge is 2.35. The van der Waals surface area contributed by atoms with Crippen LogP contribution in [0, 0.1) is 27.7 Å². The van der Waals surface area contributed by atoms with E-state index in [-0.39, 0.29) is 5.41 Å². The molecule has 4 nitrogen and oxygen atoms in total. The van der Waals surface area contributed by atoms with E-state index in [1.54, 1.807) is 0 Å². The molecular weight excluding hydrogens is 573 g/mol. The molecule has 0 spiro atoms. The van der Waals surface area contributed by atoms with E-state index < -0.39 is 0 Å². The second kappa shape index (κ2) is 12.3. The van der Waals surface area contributed by atoms with E-state index in [0.717, 1.165) is 71.2 Å². The molecule has 7 rings (SSSR count). The molecular formula is C43H42N4. The van der Waals surface area contributed by atoms with Crippen LogP contribution >= 0.6 is 0 Å². The quantitative estimate of drug-likeness (QED) is 0.171. The van der Waals surface area contributed by atoms with Crippen LogP contribution in [0.3, 0.4) is 0 Å². The lowest BCUT2D eigenvalue weighted by Crippen LogP contribution is -2.15. The number of aromatic nitrogens is 4. The van der Waals surface area contributed by atoms with Gasteiger partial charge in [0.1, 0.15) is 0 Å². The Kier molecular flexibility index (Phi) is 8.05. The third-order valence-electron chi connectivity index (χ3n) is 9.52. The van der Waals surface area contributed by atoms with Gasteiger partial charge in [0.05, 0.1) is 11.4 Å². The van der Waals surface area contributed by atoms with Crippen LogP contribution in [0.5, 0.6) is 0 Å². The van der Waals surface area contributed by atoms with Gasteiger partial charge in [-0.2, -0.15) is 0 Å². The van der Waals surface area contributed by atoms with Gasteiger partial charge in [-0.1, -0.05) is 62.4 Å². The van der Waals surface area contributed by atoms with Gasteiger partial charge in [-0.3, -0.25) is 19.9 Å². The van der Waals surface area contributed by atoms with Gasteiger partial charge in [0.2, 0.25) is 0 Å². The summed E-state index contributed by atoms with van der Waals surface area (Å²) in [6, 6.07) is 35.3. The average Bonchev–Trinajstić information content (AvgIpc) is 3.27. The van der Waals surface area contributed by atoms with Gasteiger partial charge in [0, 0.05) is 39.6 Å². The van der Waals surface area contributed by atoms with Crippen molar-refractivity contribution >= 4 is 0 Å². The zero-order valence-electron chi connectivity index (χ0n) is 28.4. The molecule has 0 atom stereocenters. The third-order valence-corrected chi connectivity index (χ3v) is 9.52. The van der Waals surface area contributed by atoms with Crippen molar-refractivity contribution in [2.45, 2.75) is 72.6 Å². The fraction of sp³-hybridized carbons (Fsp3) is 0.256. The Hall–Kier alpha value is -4.96. The van der Waals surface area contributed by atoms with E-state index in [0.29, 0.717) is 0 Å². The standard InChI is InChI=1S/C43H42N4/c1-27-9-7-11-41(46-27)42-12-8-10-35(47-42)17-13-31-15-19-39-37(24-31)38-25-32(16-20-40(38)43(39,5)6)14-18-36-26-34(23-30(4)45-36)33-21-28(2)44-29(3)22-33/h7-12,15-16,19-26H,13-14,17-18H2,1-6H3. The topological polar surface area (TPSA) is 51.6 Å². The van der Waals surface area contributed by atoms with Crippen LogP contribution in [0.15, 0.2) is 97.1 Å². The maximum atomic E-state index is 4.95. The highest BCUT2D eigenvalue weighted by atomic mass is 14.8. The fourth-order valence-corrected chi connectivity index (χ4v) is 7.20. The Morgan fingerprint density at radius 3 is 1.60 bits per heavy atom. The Morgan fingerprint density at radius 2 is 0.979 bits per heavy atom. The largest absolute Gasteiger partial charge is 0.258 e. The van der Waals surface area contributed by atoms with Crippen LogP contribution in [0.2, 0.25) is 0 Å². The summed E-state index contributed by atoms with van der Waals surface area (Å²) in [5.41, 5.74) is 18.9. The summed E-state index contributed by atoms with van der Waals surface area (Å²) in [4.78, 5) is 19.1. The smallest absolute Gasteiger partial charge is 0.0889 e. The summed E-state index contributed by atoms with van der Waals surface area (Å²) in [6.07, 6.45) is 3.68. The lowest BCUT2D eigenvalue weighted by Gasteiger charge is -2.21. The Balaban J connectivity index is 1.10. The normalized spacial score (nSPS) is 13.0. The lowest BCUT2D eigenvalue weighted by atomic mass is 9.82. The first-order valence-electron chi connectivity index (χ1n) is 16.7. The van der Waals surface area contributed by atoms with Crippen LogP contribution in [0.4, 0.5) is 0 Å². The van der Waals surface area contributed by atoms with Crippen molar-refractivity contribution in [3.05, 3.63) is 153 Å².